The summed E-state index contributed by atoms with van der Waals surface area (Å²) in [6.45, 7) is 0. The van der Waals surface area contributed by atoms with Gasteiger partial charge in [-0.15, -0.1) is 12.1 Å². The second-order valence-electron chi connectivity index (χ2n) is 2.15. The number of nitrogens with zero attached hydrogens (tertiary/aromatic N) is 1. The Balaban J connectivity index is 0. The Morgan fingerprint density at radius 1 is 1.18 bits per heavy atom. The van der Waals surface area contributed by atoms with E-state index in [1.807, 2.05) is 38.4 Å². The molecule has 0 fully saturated rings. The van der Waals surface area contributed by atoms with Crippen LogP contribution in [0, 0.1) is 13.5 Å². The summed E-state index contributed by atoms with van der Waals surface area (Å²) in [7, 11) is 4.05. The topological polar surface area (TPSA) is 3.24 Å². The molecule has 0 radical (unpaired) electrons. The molecule has 1 aromatic rings. The van der Waals surface area contributed by atoms with Gasteiger partial charge in [0.15, 0.2) is 0 Å². The Morgan fingerprint density at radius 2 is 1.64 bits per heavy atom. The quantitative estimate of drug-likeness (QED) is 0.445. The van der Waals surface area contributed by atoms with Crippen LogP contribution in [-0.2, 0) is 0 Å². The third-order valence-corrected chi connectivity index (χ3v) is 1.22. The molecule has 0 aliphatic carbocycles. The van der Waals surface area contributed by atoms with Crippen LogP contribution in [0.5, 0.6) is 0 Å². The number of anilines is 1. The maximum Gasteiger partial charge on any atom is 2.00 e. The smallest absolute Gasteiger partial charge is 0.399 e. The summed E-state index contributed by atoms with van der Waals surface area (Å²) in [4.78, 5) is 2.06. The zero-order valence-corrected chi connectivity index (χ0v) is 8.88. The van der Waals surface area contributed by atoms with Crippen molar-refractivity contribution >= 4 is 28.7 Å². The summed E-state index contributed by atoms with van der Waals surface area (Å²) in [5.41, 5.74) is 1.22. The van der Waals surface area contributed by atoms with Crippen molar-refractivity contribution in [3.8, 4) is 0 Å². The first kappa shape index (κ1) is 13.4. The fourth-order valence-corrected chi connectivity index (χ4v) is 0.676. The Kier molecular flexibility index (Phi) is 7.90. The molecule has 0 amide bonds. The van der Waals surface area contributed by atoms with Gasteiger partial charge in [-0.1, -0.05) is 5.69 Å². The van der Waals surface area contributed by atoms with E-state index >= 15 is 0 Å². The average molecular weight is 160 g/mol. The van der Waals surface area contributed by atoms with Gasteiger partial charge in [0.25, 0.3) is 0 Å². The van der Waals surface area contributed by atoms with Crippen LogP contribution >= 0.6 is 0 Å². The van der Waals surface area contributed by atoms with Crippen LogP contribution in [0.25, 0.3) is 0 Å². The average Bonchev–Trinajstić information content (AvgIpc) is 1.90. The summed E-state index contributed by atoms with van der Waals surface area (Å²) in [6, 6.07) is 10.8. The number of hydrogen-bond donors (Lipinski definition) is 0. The van der Waals surface area contributed by atoms with E-state index in [9.17, 15) is 0 Å². The molecule has 0 heterocycles. The van der Waals surface area contributed by atoms with Crippen molar-refractivity contribution in [3.63, 3.8) is 0 Å². The minimum Gasteiger partial charge on any atom is -0.399 e. The number of hydrogen-bond acceptors (Lipinski definition) is 1. The molecule has 0 saturated heterocycles. The van der Waals surface area contributed by atoms with E-state index < -0.39 is 0 Å². The van der Waals surface area contributed by atoms with E-state index in [1.54, 1.807) is 0 Å². The molecule has 0 aromatic heterocycles. The largest absolute Gasteiger partial charge is 2.00 e. The molecule has 1 aromatic carbocycles. The molecule has 56 valence electrons. The van der Waals surface area contributed by atoms with Gasteiger partial charge in [0.1, 0.15) is 0 Å². The van der Waals surface area contributed by atoms with E-state index in [-0.39, 0.29) is 30.5 Å². The summed E-state index contributed by atoms with van der Waals surface area (Å²) in [5.74, 6) is 0. The zero-order chi connectivity index (χ0) is 6.69. The molecular weight excluding hydrogens is 146 g/mol. The van der Waals surface area contributed by atoms with Crippen LogP contribution in [0.4, 0.5) is 5.69 Å². The van der Waals surface area contributed by atoms with Crippen molar-refractivity contribution in [1.82, 2.24) is 0 Å². The van der Waals surface area contributed by atoms with Crippen molar-refractivity contribution in [2.75, 3.05) is 19.0 Å². The van der Waals surface area contributed by atoms with Gasteiger partial charge < -0.3 is 12.3 Å². The summed E-state index contributed by atoms with van der Waals surface area (Å²) in [5, 5.41) is 0. The minimum absolute atomic E-state index is 0. The number of benzene rings is 1. The second kappa shape index (κ2) is 6.49. The molecule has 0 spiro atoms. The maximum absolute atomic E-state index is 2.96. The van der Waals surface area contributed by atoms with Gasteiger partial charge in [-0.3, -0.25) is 0 Å². The molecule has 11 heavy (non-hydrogen) atoms. The van der Waals surface area contributed by atoms with Crippen molar-refractivity contribution < 1.29 is 0 Å². The summed E-state index contributed by atoms with van der Waals surface area (Å²) in [6.07, 6.45) is 0. The number of rotatable bonds is 1. The first-order chi connectivity index (χ1) is 4.30. The van der Waals surface area contributed by atoms with Crippen LogP contribution in [0.2, 0.25) is 0 Å². The summed E-state index contributed by atoms with van der Waals surface area (Å²) >= 11 is 0. The Hall–Kier alpha value is -0.214. The molecule has 2 heteroatoms. The van der Waals surface area contributed by atoms with Crippen LogP contribution in [0.1, 0.15) is 0 Å². The van der Waals surface area contributed by atoms with Crippen LogP contribution in [0.15, 0.2) is 24.3 Å². The standard InChI is InChI=1S/C8H10N.CH3.Mg/c1-9(2)8-6-4-3-5-7-8;;/h4-7H,1-2H3;1H3;/q2*-1;+2. The van der Waals surface area contributed by atoms with Crippen LogP contribution < -0.4 is 4.90 Å². The molecular formula is C9H13MgN. The van der Waals surface area contributed by atoms with E-state index in [4.69, 9.17) is 0 Å². The van der Waals surface area contributed by atoms with Gasteiger partial charge in [-0.25, -0.2) is 0 Å². The fraction of sp³-hybridized carbons (Fsp3) is 0.222. The molecule has 0 bridgehead atoms. The maximum atomic E-state index is 2.96. The Bertz CT molecular complexity index is 172. The first-order valence-electron chi connectivity index (χ1n) is 2.94. The third-order valence-electron chi connectivity index (χ3n) is 1.22. The van der Waals surface area contributed by atoms with Gasteiger partial charge in [0.2, 0.25) is 0 Å². The van der Waals surface area contributed by atoms with Crippen molar-refractivity contribution in [2.45, 2.75) is 0 Å². The molecule has 0 aliphatic heterocycles. The Morgan fingerprint density at radius 3 is 1.91 bits per heavy atom. The third kappa shape index (κ3) is 4.27. The van der Waals surface area contributed by atoms with Gasteiger partial charge in [0, 0.05) is 14.1 Å². The van der Waals surface area contributed by atoms with Crippen molar-refractivity contribution in [1.29, 1.82) is 0 Å². The van der Waals surface area contributed by atoms with Gasteiger partial charge in [0.05, 0.1) is 0 Å². The molecule has 0 aliphatic rings. The normalized spacial score (nSPS) is 7.45. The van der Waals surface area contributed by atoms with Gasteiger partial charge in [-0.05, 0) is 0 Å². The predicted molar refractivity (Wildman–Crippen MR) is 51.8 cm³/mol. The fourth-order valence-electron chi connectivity index (χ4n) is 0.676. The molecule has 1 nitrogen and oxygen atoms in total. The van der Waals surface area contributed by atoms with Crippen LogP contribution in [0.3, 0.4) is 0 Å². The SMILES string of the molecule is CN(C)c1cc[c-]cc1.[CH3-].[Mg+2]. The molecule has 0 N–H and O–H groups in total. The van der Waals surface area contributed by atoms with E-state index in [1.165, 1.54) is 5.69 Å². The zero-order valence-electron chi connectivity index (χ0n) is 7.46. The second-order valence-corrected chi connectivity index (χ2v) is 2.15. The van der Waals surface area contributed by atoms with E-state index in [2.05, 4.69) is 11.0 Å². The van der Waals surface area contributed by atoms with E-state index in [0.717, 1.165) is 0 Å². The van der Waals surface area contributed by atoms with Crippen LogP contribution in [-0.4, -0.2) is 37.1 Å². The van der Waals surface area contributed by atoms with Crippen molar-refractivity contribution in [2.24, 2.45) is 0 Å². The molecule has 0 unspecified atom stereocenters. The Labute approximate surface area is 85.6 Å². The monoisotopic (exact) mass is 159 g/mol. The summed E-state index contributed by atoms with van der Waals surface area (Å²) < 4.78 is 0. The molecule has 1 rings (SSSR count). The van der Waals surface area contributed by atoms with Gasteiger partial charge in [-0.2, -0.15) is 18.2 Å². The first-order valence-corrected chi connectivity index (χ1v) is 2.94. The molecule has 0 atom stereocenters. The van der Waals surface area contributed by atoms with E-state index in [0.29, 0.717) is 0 Å². The van der Waals surface area contributed by atoms with Gasteiger partial charge >= 0.3 is 23.1 Å². The predicted octanol–water partition coefficient (Wildman–Crippen LogP) is 1.62. The van der Waals surface area contributed by atoms with Crippen molar-refractivity contribution in [3.05, 3.63) is 37.8 Å². The minimum atomic E-state index is 0. The molecule has 0 saturated carbocycles.